The van der Waals surface area contributed by atoms with Crippen LogP contribution in [-0.4, -0.2) is 82.3 Å². The highest BCUT2D eigenvalue weighted by atomic mass is 32.2. The molecule has 7 nitrogen and oxygen atoms in total. The Bertz CT molecular complexity index is 583. The number of nitrogens with one attached hydrogen (secondary N) is 1. The van der Waals surface area contributed by atoms with Gasteiger partial charge in [-0.3, -0.25) is 9.69 Å². The normalized spacial score (nSPS) is 16.6. The van der Waals surface area contributed by atoms with Crippen molar-refractivity contribution in [1.29, 1.82) is 0 Å². The molecule has 2 heterocycles. The van der Waals surface area contributed by atoms with Crippen molar-refractivity contribution in [2.45, 2.75) is 0 Å². The summed E-state index contributed by atoms with van der Waals surface area (Å²) in [4.78, 5) is 14.7. The van der Waals surface area contributed by atoms with Crippen LogP contribution >= 0.6 is 11.3 Å². The minimum Gasteiger partial charge on any atom is -0.379 e. The van der Waals surface area contributed by atoms with Crippen LogP contribution in [0.4, 0.5) is 0 Å². The van der Waals surface area contributed by atoms with Gasteiger partial charge in [0.1, 0.15) is 0 Å². The summed E-state index contributed by atoms with van der Waals surface area (Å²) in [6, 6.07) is 3.55. The van der Waals surface area contributed by atoms with Gasteiger partial charge in [-0.1, -0.05) is 6.07 Å². The van der Waals surface area contributed by atoms with Gasteiger partial charge in [-0.15, -0.1) is 11.3 Å². The summed E-state index contributed by atoms with van der Waals surface area (Å²) >= 11 is 1.36. The lowest BCUT2D eigenvalue weighted by atomic mass is 10.4. The molecule has 1 aliphatic heterocycles. The first-order valence-corrected chi connectivity index (χ1v) is 10.3. The van der Waals surface area contributed by atoms with Crippen molar-refractivity contribution >= 4 is 27.3 Å². The number of sulfonamides is 1. The van der Waals surface area contributed by atoms with Crippen molar-refractivity contribution in [2.24, 2.45) is 0 Å². The molecule has 23 heavy (non-hydrogen) atoms. The summed E-state index contributed by atoms with van der Waals surface area (Å²) < 4.78 is 30.5. The molecular weight excluding hydrogens is 338 g/mol. The fraction of sp³-hybridized carbons (Fsp3) is 0.643. The Labute approximate surface area is 141 Å². The molecule has 9 heteroatoms. The molecule has 0 aliphatic carbocycles. The quantitative estimate of drug-likeness (QED) is 0.709. The number of carbonyl (C=O) groups is 1. The monoisotopic (exact) mass is 361 g/mol. The molecule has 2 rings (SSSR count). The third-order valence-corrected chi connectivity index (χ3v) is 5.80. The summed E-state index contributed by atoms with van der Waals surface area (Å²) in [6.07, 6.45) is 1.20. The Balaban J connectivity index is 1.78. The van der Waals surface area contributed by atoms with Crippen LogP contribution in [0.25, 0.3) is 0 Å². The Morgan fingerprint density at radius 3 is 2.74 bits per heavy atom. The van der Waals surface area contributed by atoms with Gasteiger partial charge >= 0.3 is 0 Å². The highest BCUT2D eigenvalue weighted by Crippen LogP contribution is 2.07. The van der Waals surface area contributed by atoms with Gasteiger partial charge in [0.25, 0.3) is 5.91 Å². The molecule has 1 amide bonds. The first-order chi connectivity index (χ1) is 11.0. The number of ether oxygens (including phenoxy) is 1. The van der Waals surface area contributed by atoms with Gasteiger partial charge in [0, 0.05) is 39.3 Å². The van der Waals surface area contributed by atoms with Crippen molar-refractivity contribution in [1.82, 2.24) is 14.5 Å². The van der Waals surface area contributed by atoms with E-state index >= 15 is 0 Å². The van der Waals surface area contributed by atoms with Crippen molar-refractivity contribution in [3.63, 3.8) is 0 Å². The van der Waals surface area contributed by atoms with Crippen LogP contribution in [0.2, 0.25) is 0 Å². The highest BCUT2D eigenvalue weighted by molar-refractivity contribution is 7.88. The second-order valence-corrected chi connectivity index (χ2v) is 8.28. The lowest BCUT2D eigenvalue weighted by Crippen LogP contribution is -2.44. The first-order valence-electron chi connectivity index (χ1n) is 7.54. The maximum atomic E-state index is 11.9. The van der Waals surface area contributed by atoms with E-state index in [1.165, 1.54) is 21.9 Å². The van der Waals surface area contributed by atoms with Crippen LogP contribution in [0.1, 0.15) is 9.67 Å². The second kappa shape index (κ2) is 8.74. The molecule has 1 saturated heterocycles. The zero-order valence-corrected chi connectivity index (χ0v) is 14.9. The average molecular weight is 361 g/mol. The SMILES string of the molecule is CS(=O)(=O)N(CCNC(=O)c1cccs1)CCN1CCOCC1. The maximum Gasteiger partial charge on any atom is 0.261 e. The average Bonchev–Trinajstić information content (AvgIpc) is 3.04. The standard InChI is InChI=1S/C14H23N3O4S2/c1-23(19,20)17(7-6-16-8-10-21-11-9-16)5-4-15-14(18)13-3-2-12-22-13/h2-3,12H,4-11H2,1H3,(H,15,18). The summed E-state index contributed by atoms with van der Waals surface area (Å²) in [6.45, 7) is 4.71. The number of thiophene rings is 1. The lowest BCUT2D eigenvalue weighted by molar-refractivity contribution is 0.0363. The van der Waals surface area contributed by atoms with Crippen molar-refractivity contribution < 1.29 is 17.9 Å². The van der Waals surface area contributed by atoms with Gasteiger partial charge < -0.3 is 10.1 Å². The van der Waals surface area contributed by atoms with E-state index in [0.717, 1.165) is 13.1 Å². The van der Waals surface area contributed by atoms with E-state index in [1.807, 2.05) is 11.4 Å². The lowest BCUT2D eigenvalue weighted by Gasteiger charge is -2.29. The molecule has 0 radical (unpaired) electrons. The van der Waals surface area contributed by atoms with E-state index in [-0.39, 0.29) is 12.5 Å². The topological polar surface area (TPSA) is 79.0 Å². The van der Waals surface area contributed by atoms with E-state index in [9.17, 15) is 13.2 Å². The Hall–Kier alpha value is -1.00. The van der Waals surface area contributed by atoms with Gasteiger partial charge in [0.05, 0.1) is 24.3 Å². The Kier molecular flexibility index (Phi) is 6.97. The molecule has 1 aliphatic rings. The van der Waals surface area contributed by atoms with Gasteiger partial charge in [-0.25, -0.2) is 8.42 Å². The molecule has 1 N–H and O–H groups in total. The molecule has 0 unspecified atom stereocenters. The predicted octanol–water partition coefficient (Wildman–Crippen LogP) is 0.0717. The van der Waals surface area contributed by atoms with E-state index in [0.29, 0.717) is 37.7 Å². The summed E-state index contributed by atoms with van der Waals surface area (Å²) in [5.74, 6) is -0.165. The number of morpholine rings is 1. The molecule has 1 aromatic rings. The molecule has 0 saturated carbocycles. The van der Waals surface area contributed by atoms with Gasteiger partial charge in [0.2, 0.25) is 10.0 Å². The molecule has 0 bridgehead atoms. The van der Waals surface area contributed by atoms with Crippen LogP contribution in [0.3, 0.4) is 0 Å². The van der Waals surface area contributed by atoms with E-state index < -0.39 is 10.0 Å². The van der Waals surface area contributed by atoms with Gasteiger partial charge in [0.15, 0.2) is 0 Å². The van der Waals surface area contributed by atoms with E-state index in [4.69, 9.17) is 4.74 Å². The van der Waals surface area contributed by atoms with E-state index in [2.05, 4.69) is 10.2 Å². The molecule has 0 spiro atoms. The number of nitrogens with zero attached hydrogens (tertiary/aromatic N) is 2. The Morgan fingerprint density at radius 2 is 2.13 bits per heavy atom. The van der Waals surface area contributed by atoms with Gasteiger partial charge in [-0.2, -0.15) is 4.31 Å². The fourth-order valence-corrected chi connectivity index (χ4v) is 3.79. The largest absolute Gasteiger partial charge is 0.379 e. The molecule has 1 fully saturated rings. The molecule has 0 atom stereocenters. The van der Waals surface area contributed by atoms with Crippen LogP contribution < -0.4 is 5.32 Å². The number of amides is 1. The summed E-state index contributed by atoms with van der Waals surface area (Å²) in [5, 5.41) is 4.59. The van der Waals surface area contributed by atoms with E-state index in [1.54, 1.807) is 6.07 Å². The smallest absolute Gasteiger partial charge is 0.261 e. The number of hydrogen-bond acceptors (Lipinski definition) is 6. The molecule has 130 valence electrons. The first kappa shape index (κ1) is 18.3. The van der Waals surface area contributed by atoms with Crippen molar-refractivity contribution in [3.05, 3.63) is 22.4 Å². The van der Waals surface area contributed by atoms with Crippen LogP contribution in [0.15, 0.2) is 17.5 Å². The third kappa shape index (κ3) is 6.19. The molecule has 1 aromatic heterocycles. The van der Waals surface area contributed by atoms with Crippen LogP contribution in [0, 0.1) is 0 Å². The van der Waals surface area contributed by atoms with Crippen LogP contribution in [0.5, 0.6) is 0 Å². The zero-order chi connectivity index (χ0) is 16.7. The highest BCUT2D eigenvalue weighted by Gasteiger charge is 2.19. The molecular formula is C14H23N3O4S2. The van der Waals surface area contributed by atoms with Crippen molar-refractivity contribution in [2.75, 3.05) is 58.7 Å². The number of carbonyl (C=O) groups excluding carboxylic acids is 1. The minimum atomic E-state index is -3.29. The zero-order valence-electron chi connectivity index (χ0n) is 13.2. The third-order valence-electron chi connectivity index (χ3n) is 3.63. The predicted molar refractivity (Wildman–Crippen MR) is 90.3 cm³/mol. The van der Waals surface area contributed by atoms with Crippen LogP contribution in [-0.2, 0) is 14.8 Å². The second-order valence-electron chi connectivity index (χ2n) is 5.35. The maximum absolute atomic E-state index is 11.9. The van der Waals surface area contributed by atoms with Gasteiger partial charge in [-0.05, 0) is 11.4 Å². The fourth-order valence-electron chi connectivity index (χ4n) is 2.31. The number of hydrogen-bond donors (Lipinski definition) is 1. The number of rotatable bonds is 8. The molecule has 0 aromatic carbocycles. The minimum absolute atomic E-state index is 0.165. The summed E-state index contributed by atoms with van der Waals surface area (Å²) in [7, 11) is -3.29. The summed E-state index contributed by atoms with van der Waals surface area (Å²) in [5.41, 5.74) is 0. The van der Waals surface area contributed by atoms with Crippen molar-refractivity contribution in [3.8, 4) is 0 Å². The Morgan fingerprint density at radius 1 is 1.39 bits per heavy atom.